The number of aromatic nitrogens is 2. The van der Waals surface area contributed by atoms with Crippen LogP contribution in [0.4, 0.5) is 11.4 Å². The number of rotatable bonds is 4. The summed E-state index contributed by atoms with van der Waals surface area (Å²) in [6.07, 6.45) is 0. The highest BCUT2D eigenvalue weighted by molar-refractivity contribution is 7.11. The second kappa shape index (κ2) is 8.61. The summed E-state index contributed by atoms with van der Waals surface area (Å²) >= 11 is 13.9. The molecule has 4 rings (SSSR count). The lowest BCUT2D eigenvalue weighted by Gasteiger charge is -2.06. The van der Waals surface area contributed by atoms with Gasteiger partial charge in [-0.15, -0.1) is 5.10 Å². The van der Waals surface area contributed by atoms with Crippen molar-refractivity contribution in [2.24, 2.45) is 4.99 Å². The Labute approximate surface area is 180 Å². The molecule has 5 nitrogen and oxygen atoms in total. The Morgan fingerprint density at radius 2 is 1.52 bits per heavy atom. The van der Waals surface area contributed by atoms with Gasteiger partial charge >= 0.3 is 0 Å². The van der Waals surface area contributed by atoms with Gasteiger partial charge in [0, 0.05) is 5.69 Å². The second-order valence-corrected chi connectivity index (χ2v) is 7.71. The minimum atomic E-state index is -0.340. The number of nitrogens with one attached hydrogen (secondary N) is 1. The van der Waals surface area contributed by atoms with Gasteiger partial charge in [-0.1, -0.05) is 77.0 Å². The van der Waals surface area contributed by atoms with E-state index in [1.165, 1.54) is 4.68 Å². The van der Waals surface area contributed by atoms with Gasteiger partial charge < -0.3 is 5.32 Å². The smallest absolute Gasteiger partial charge is 0.286 e. The number of para-hydroxylation sites is 3. The van der Waals surface area contributed by atoms with Crippen LogP contribution in [0.15, 0.2) is 83.9 Å². The molecule has 0 aliphatic carbocycles. The monoisotopic (exact) mass is 440 g/mol. The van der Waals surface area contributed by atoms with Crippen molar-refractivity contribution in [1.82, 2.24) is 9.78 Å². The molecule has 0 fully saturated rings. The van der Waals surface area contributed by atoms with Crippen molar-refractivity contribution >= 4 is 51.8 Å². The summed E-state index contributed by atoms with van der Waals surface area (Å²) in [5.74, 6) is -0.340. The molecule has 0 saturated carbocycles. The molecule has 144 valence electrons. The number of anilines is 1. The molecule has 0 spiro atoms. The second-order valence-electron chi connectivity index (χ2n) is 5.94. The van der Waals surface area contributed by atoms with Crippen LogP contribution in [0.25, 0.3) is 5.69 Å². The maximum absolute atomic E-state index is 12.7. The van der Waals surface area contributed by atoms with Crippen molar-refractivity contribution in [2.45, 2.75) is 0 Å². The molecular formula is C21H14Cl2N4OS. The molecule has 0 bridgehead atoms. The van der Waals surface area contributed by atoms with Crippen LogP contribution in [0.2, 0.25) is 10.0 Å². The lowest BCUT2D eigenvalue weighted by molar-refractivity contribution is 0.102. The first-order valence-corrected chi connectivity index (χ1v) is 10.2. The molecular weight excluding hydrogens is 427 g/mol. The summed E-state index contributed by atoms with van der Waals surface area (Å²) in [5.41, 5.74) is 1.88. The first-order chi connectivity index (χ1) is 14.1. The van der Waals surface area contributed by atoms with Gasteiger partial charge in [0.2, 0.25) is 9.81 Å². The van der Waals surface area contributed by atoms with Crippen molar-refractivity contribution in [3.05, 3.63) is 98.7 Å². The minimum Gasteiger partial charge on any atom is -0.320 e. The number of nitrogens with zero attached hydrogens (tertiary/aromatic N) is 3. The predicted molar refractivity (Wildman–Crippen MR) is 118 cm³/mol. The number of amides is 1. The molecule has 1 heterocycles. The van der Waals surface area contributed by atoms with Crippen LogP contribution in [0.5, 0.6) is 0 Å². The lowest BCUT2D eigenvalue weighted by Crippen LogP contribution is -2.16. The van der Waals surface area contributed by atoms with Gasteiger partial charge in [-0.25, -0.2) is 9.67 Å². The van der Waals surface area contributed by atoms with Gasteiger partial charge in [0.25, 0.3) is 5.91 Å². The highest BCUT2D eigenvalue weighted by Gasteiger charge is 2.18. The fourth-order valence-electron chi connectivity index (χ4n) is 2.60. The summed E-state index contributed by atoms with van der Waals surface area (Å²) in [6.45, 7) is 0. The third kappa shape index (κ3) is 4.40. The van der Waals surface area contributed by atoms with Crippen molar-refractivity contribution in [2.75, 3.05) is 5.32 Å². The van der Waals surface area contributed by atoms with Crippen LogP contribution in [-0.2, 0) is 0 Å². The third-order valence-electron chi connectivity index (χ3n) is 3.92. The van der Waals surface area contributed by atoms with Crippen LogP contribution in [-0.4, -0.2) is 15.7 Å². The number of halogens is 2. The van der Waals surface area contributed by atoms with Crippen LogP contribution in [0, 0.1) is 0 Å². The quantitative estimate of drug-likeness (QED) is 0.440. The average molecular weight is 441 g/mol. The summed E-state index contributed by atoms with van der Waals surface area (Å²) in [7, 11) is 0. The van der Waals surface area contributed by atoms with Gasteiger partial charge in [0.15, 0.2) is 0 Å². The number of hydrogen-bond donors (Lipinski definition) is 1. The number of carbonyl (C=O) groups is 1. The molecule has 0 atom stereocenters. The fraction of sp³-hybridized carbons (Fsp3) is 0. The zero-order valence-electron chi connectivity index (χ0n) is 14.9. The van der Waals surface area contributed by atoms with Crippen molar-refractivity contribution in [3.8, 4) is 5.69 Å². The molecule has 1 aromatic heterocycles. The number of carbonyl (C=O) groups excluding carboxylic acids is 1. The topological polar surface area (TPSA) is 59.3 Å². The molecule has 29 heavy (non-hydrogen) atoms. The van der Waals surface area contributed by atoms with Gasteiger partial charge in [0.1, 0.15) is 5.69 Å². The Kier molecular flexibility index (Phi) is 5.76. The van der Waals surface area contributed by atoms with E-state index < -0.39 is 0 Å². The number of benzene rings is 3. The Bertz CT molecular complexity index is 1200. The Balaban J connectivity index is 1.83. The van der Waals surface area contributed by atoms with Crippen LogP contribution >= 0.6 is 34.5 Å². The normalized spacial score (nSPS) is 11.4. The van der Waals surface area contributed by atoms with E-state index in [4.69, 9.17) is 23.2 Å². The standard InChI is InChI=1S/C21H14Cl2N4OS/c22-16-12-7-13-17(23)18(16)27-21(25-15-10-5-2-6-11-15)29-20(26-27)19(28)24-14-8-3-1-4-9-14/h1-13H,(H,24,28). The van der Waals surface area contributed by atoms with Gasteiger partial charge in [-0.3, -0.25) is 4.79 Å². The summed E-state index contributed by atoms with van der Waals surface area (Å²) in [5, 5.41) is 8.34. The van der Waals surface area contributed by atoms with E-state index in [1.54, 1.807) is 30.3 Å². The van der Waals surface area contributed by atoms with E-state index in [9.17, 15) is 4.79 Å². The Morgan fingerprint density at radius 3 is 2.17 bits per heavy atom. The van der Waals surface area contributed by atoms with E-state index in [0.29, 0.717) is 26.2 Å². The van der Waals surface area contributed by atoms with Crippen LogP contribution in [0.3, 0.4) is 0 Å². The van der Waals surface area contributed by atoms with Gasteiger partial charge in [-0.2, -0.15) is 0 Å². The Morgan fingerprint density at radius 1 is 0.897 bits per heavy atom. The van der Waals surface area contributed by atoms with Crippen LogP contribution in [0.1, 0.15) is 9.80 Å². The molecule has 1 amide bonds. The average Bonchev–Trinajstić information content (AvgIpc) is 3.13. The molecule has 0 aliphatic heterocycles. The third-order valence-corrected chi connectivity index (χ3v) is 5.43. The predicted octanol–water partition coefficient (Wildman–Crippen LogP) is 5.73. The first kappa shape index (κ1) is 19.4. The molecule has 0 aliphatic rings. The molecule has 0 unspecified atom stereocenters. The Hall–Kier alpha value is -2.93. The zero-order chi connectivity index (χ0) is 20.2. The molecule has 8 heteroatoms. The minimum absolute atomic E-state index is 0.236. The molecule has 0 saturated heterocycles. The molecule has 1 N–H and O–H groups in total. The van der Waals surface area contributed by atoms with E-state index in [2.05, 4.69) is 15.4 Å². The highest BCUT2D eigenvalue weighted by Crippen LogP contribution is 2.27. The maximum atomic E-state index is 12.7. The van der Waals surface area contributed by atoms with E-state index in [1.807, 2.05) is 48.5 Å². The van der Waals surface area contributed by atoms with E-state index in [0.717, 1.165) is 17.0 Å². The van der Waals surface area contributed by atoms with Crippen molar-refractivity contribution in [1.29, 1.82) is 0 Å². The highest BCUT2D eigenvalue weighted by atomic mass is 35.5. The summed E-state index contributed by atoms with van der Waals surface area (Å²) < 4.78 is 1.50. The molecule has 4 aromatic rings. The van der Waals surface area contributed by atoms with E-state index in [-0.39, 0.29) is 10.9 Å². The number of hydrogen-bond acceptors (Lipinski definition) is 4. The zero-order valence-corrected chi connectivity index (χ0v) is 17.2. The SMILES string of the molecule is O=C(Nc1ccccc1)c1nn(-c2c(Cl)cccc2Cl)c(=Nc2ccccc2)s1. The summed E-state index contributed by atoms with van der Waals surface area (Å²) in [4.78, 5) is 17.9. The van der Waals surface area contributed by atoms with Gasteiger partial charge in [-0.05, 0) is 36.4 Å². The molecule has 3 aromatic carbocycles. The first-order valence-electron chi connectivity index (χ1n) is 8.62. The maximum Gasteiger partial charge on any atom is 0.286 e. The van der Waals surface area contributed by atoms with Crippen LogP contribution < -0.4 is 10.1 Å². The lowest BCUT2D eigenvalue weighted by atomic mass is 10.3. The molecule has 0 radical (unpaired) electrons. The van der Waals surface area contributed by atoms with Gasteiger partial charge in [0.05, 0.1) is 15.7 Å². The summed E-state index contributed by atoms with van der Waals surface area (Å²) in [6, 6.07) is 23.8. The van der Waals surface area contributed by atoms with Crippen molar-refractivity contribution in [3.63, 3.8) is 0 Å². The van der Waals surface area contributed by atoms with Crippen molar-refractivity contribution < 1.29 is 4.79 Å². The largest absolute Gasteiger partial charge is 0.320 e. The van der Waals surface area contributed by atoms with E-state index >= 15 is 0 Å². The fourth-order valence-corrected chi connectivity index (χ4v) is 3.97.